The molecule has 0 bridgehead atoms. The molecule has 0 aliphatic carbocycles. The monoisotopic (exact) mass is 475 g/mol. The van der Waals surface area contributed by atoms with E-state index >= 15 is 0 Å². The first-order valence-electron chi connectivity index (χ1n) is 11.6. The maximum atomic E-state index is 13.1. The molecule has 2 fully saturated rings. The number of benzene rings is 1. The molecule has 0 radical (unpaired) electrons. The Morgan fingerprint density at radius 2 is 2.06 bits per heavy atom. The SMILES string of the molecule is CC1(C)CCCN(C(=O)c2cn(-c3ccc4c(c3)CN(C3CCC(=O)NC3=O)C4=O)nn2)C1C#N. The van der Waals surface area contributed by atoms with Crippen LogP contribution < -0.4 is 5.32 Å². The molecule has 180 valence electrons. The molecule has 1 aromatic heterocycles. The number of amides is 4. The van der Waals surface area contributed by atoms with Gasteiger partial charge in [-0.15, -0.1) is 5.10 Å². The second kappa shape index (κ2) is 8.30. The molecule has 11 nitrogen and oxygen atoms in total. The predicted octanol–water partition coefficient (Wildman–Crippen LogP) is 1.18. The highest BCUT2D eigenvalue weighted by molar-refractivity contribution is 6.05. The van der Waals surface area contributed by atoms with Gasteiger partial charge in [-0.2, -0.15) is 5.26 Å². The van der Waals surface area contributed by atoms with E-state index in [-0.39, 0.29) is 41.8 Å². The minimum absolute atomic E-state index is 0.143. The first kappa shape index (κ1) is 22.7. The van der Waals surface area contributed by atoms with Crippen molar-refractivity contribution in [3.8, 4) is 11.8 Å². The Balaban J connectivity index is 1.36. The van der Waals surface area contributed by atoms with Gasteiger partial charge in [-0.1, -0.05) is 19.1 Å². The van der Waals surface area contributed by atoms with Gasteiger partial charge in [-0.05, 0) is 48.4 Å². The van der Waals surface area contributed by atoms with E-state index in [2.05, 4.69) is 21.7 Å². The van der Waals surface area contributed by atoms with Crippen LogP contribution in [0.2, 0.25) is 0 Å². The van der Waals surface area contributed by atoms with Gasteiger partial charge < -0.3 is 9.80 Å². The molecule has 2 unspecified atom stereocenters. The quantitative estimate of drug-likeness (QED) is 0.657. The Hall–Kier alpha value is -4.07. The van der Waals surface area contributed by atoms with E-state index in [1.807, 2.05) is 13.8 Å². The van der Waals surface area contributed by atoms with E-state index < -0.39 is 18.0 Å². The largest absolute Gasteiger partial charge is 0.322 e. The maximum Gasteiger partial charge on any atom is 0.277 e. The second-order valence-electron chi connectivity index (χ2n) is 9.91. The number of rotatable bonds is 3. The third kappa shape index (κ3) is 3.84. The van der Waals surface area contributed by atoms with Gasteiger partial charge in [0.05, 0.1) is 18.0 Å². The minimum Gasteiger partial charge on any atom is -0.322 e. The van der Waals surface area contributed by atoms with Crippen molar-refractivity contribution in [1.29, 1.82) is 5.26 Å². The summed E-state index contributed by atoms with van der Waals surface area (Å²) in [5.41, 5.74) is 1.67. The predicted molar refractivity (Wildman–Crippen MR) is 121 cm³/mol. The summed E-state index contributed by atoms with van der Waals surface area (Å²) in [4.78, 5) is 52.8. The number of fused-ring (bicyclic) bond motifs is 1. The normalized spacial score (nSPS) is 23.6. The lowest BCUT2D eigenvalue weighted by Crippen LogP contribution is -2.52. The number of likely N-dealkylation sites (tertiary alicyclic amines) is 1. The van der Waals surface area contributed by atoms with Gasteiger partial charge >= 0.3 is 0 Å². The summed E-state index contributed by atoms with van der Waals surface area (Å²) >= 11 is 0. The number of hydrogen-bond donors (Lipinski definition) is 1. The van der Waals surface area contributed by atoms with Gasteiger partial charge in [0, 0.05) is 25.1 Å². The van der Waals surface area contributed by atoms with Crippen molar-refractivity contribution < 1.29 is 19.2 Å². The maximum absolute atomic E-state index is 13.1. The van der Waals surface area contributed by atoms with Crippen molar-refractivity contribution in [3.05, 3.63) is 41.2 Å². The lowest BCUT2D eigenvalue weighted by Gasteiger charge is -2.42. The molecule has 3 aliphatic heterocycles. The van der Waals surface area contributed by atoms with Crippen LogP contribution in [0.15, 0.2) is 24.4 Å². The summed E-state index contributed by atoms with van der Waals surface area (Å²) in [6.45, 7) is 4.70. The van der Waals surface area contributed by atoms with Crippen molar-refractivity contribution in [2.24, 2.45) is 5.41 Å². The van der Waals surface area contributed by atoms with Gasteiger partial charge in [-0.3, -0.25) is 24.5 Å². The minimum atomic E-state index is -0.687. The number of piperidine rings is 2. The first-order chi connectivity index (χ1) is 16.7. The van der Waals surface area contributed by atoms with Crippen LogP contribution in [0, 0.1) is 16.7 Å². The van der Waals surface area contributed by atoms with E-state index in [0.717, 1.165) is 18.4 Å². The Bertz CT molecular complexity index is 1290. The van der Waals surface area contributed by atoms with Crippen molar-refractivity contribution >= 4 is 23.6 Å². The van der Waals surface area contributed by atoms with Crippen LogP contribution in [0.5, 0.6) is 0 Å². The summed E-state index contributed by atoms with van der Waals surface area (Å²) < 4.78 is 1.46. The van der Waals surface area contributed by atoms with Crippen molar-refractivity contribution in [2.75, 3.05) is 6.54 Å². The molecular formula is C24H25N7O4. The van der Waals surface area contributed by atoms with Crippen LogP contribution in [0.3, 0.4) is 0 Å². The second-order valence-corrected chi connectivity index (χ2v) is 9.91. The van der Waals surface area contributed by atoms with E-state index in [1.165, 1.54) is 15.8 Å². The molecule has 11 heteroatoms. The molecule has 4 amide bonds. The molecule has 35 heavy (non-hydrogen) atoms. The smallest absolute Gasteiger partial charge is 0.277 e. The molecule has 0 spiro atoms. The Kier molecular flexibility index (Phi) is 5.39. The van der Waals surface area contributed by atoms with Crippen molar-refractivity contribution in [3.63, 3.8) is 0 Å². The topological polar surface area (TPSA) is 141 Å². The molecule has 0 saturated carbocycles. The van der Waals surface area contributed by atoms with Gasteiger partial charge in [0.25, 0.3) is 11.8 Å². The van der Waals surface area contributed by atoms with Crippen molar-refractivity contribution in [1.82, 2.24) is 30.1 Å². The van der Waals surface area contributed by atoms with Crippen molar-refractivity contribution in [2.45, 2.75) is 58.2 Å². The van der Waals surface area contributed by atoms with E-state index in [9.17, 15) is 24.4 Å². The summed E-state index contributed by atoms with van der Waals surface area (Å²) in [7, 11) is 0. The summed E-state index contributed by atoms with van der Waals surface area (Å²) in [5.74, 6) is -1.39. The molecule has 2 atom stereocenters. The number of nitrogens with one attached hydrogen (secondary N) is 1. The van der Waals surface area contributed by atoms with Crippen LogP contribution in [0.25, 0.3) is 5.69 Å². The van der Waals surface area contributed by atoms with E-state index in [1.54, 1.807) is 23.1 Å². The number of carbonyl (C=O) groups excluding carboxylic acids is 4. The van der Waals surface area contributed by atoms with Crippen LogP contribution in [0.1, 0.15) is 65.9 Å². The highest BCUT2D eigenvalue weighted by Crippen LogP contribution is 2.35. The lowest BCUT2D eigenvalue weighted by molar-refractivity contribution is -0.136. The van der Waals surface area contributed by atoms with Gasteiger partial charge in [0.1, 0.15) is 12.1 Å². The molecule has 2 saturated heterocycles. The number of nitrogens with zero attached hydrogens (tertiary/aromatic N) is 6. The summed E-state index contributed by atoms with van der Waals surface area (Å²) in [6.07, 6.45) is 3.69. The summed E-state index contributed by atoms with van der Waals surface area (Å²) in [5, 5.41) is 20.1. The fourth-order valence-electron chi connectivity index (χ4n) is 5.19. The van der Waals surface area contributed by atoms with Crippen LogP contribution in [-0.2, 0) is 16.1 Å². The Morgan fingerprint density at radius 1 is 1.26 bits per heavy atom. The third-order valence-corrected chi connectivity index (χ3v) is 7.14. The lowest BCUT2D eigenvalue weighted by atomic mass is 9.77. The highest BCUT2D eigenvalue weighted by atomic mass is 16.2. The molecule has 2 aromatic rings. The zero-order valence-electron chi connectivity index (χ0n) is 19.5. The van der Waals surface area contributed by atoms with Gasteiger partial charge in [0.15, 0.2) is 5.69 Å². The van der Waals surface area contributed by atoms with E-state index in [4.69, 9.17) is 0 Å². The van der Waals surface area contributed by atoms with Gasteiger partial charge in [-0.25, -0.2) is 4.68 Å². The summed E-state index contributed by atoms with van der Waals surface area (Å²) in [6, 6.07) is 6.19. The number of nitriles is 1. The fraction of sp³-hybridized carbons (Fsp3) is 0.458. The number of imide groups is 1. The molecular weight excluding hydrogens is 450 g/mol. The zero-order valence-corrected chi connectivity index (χ0v) is 19.5. The Morgan fingerprint density at radius 3 is 2.80 bits per heavy atom. The number of hydrogen-bond acceptors (Lipinski definition) is 7. The van der Waals surface area contributed by atoms with Gasteiger partial charge in [0.2, 0.25) is 11.8 Å². The number of carbonyl (C=O) groups is 4. The Labute approximate surface area is 201 Å². The molecule has 1 N–H and O–H groups in total. The highest BCUT2D eigenvalue weighted by Gasteiger charge is 2.41. The first-order valence-corrected chi connectivity index (χ1v) is 11.6. The zero-order chi connectivity index (χ0) is 24.9. The average molecular weight is 476 g/mol. The fourth-order valence-corrected chi connectivity index (χ4v) is 5.19. The standard InChI is InChI=1S/C24H25N7O4/c1-24(2)8-3-9-29(19(24)11-25)23(35)17-13-31(28-27-17)15-4-5-16-14(10-15)12-30(22(16)34)18-6-7-20(32)26-21(18)33/h4-5,10,13,18-19H,3,6-9,12H2,1-2H3,(H,26,32,33). The average Bonchev–Trinajstić information content (AvgIpc) is 3.43. The van der Waals surface area contributed by atoms with Crippen LogP contribution >= 0.6 is 0 Å². The van der Waals surface area contributed by atoms with E-state index in [0.29, 0.717) is 24.2 Å². The van der Waals surface area contributed by atoms with Crippen LogP contribution in [-0.4, -0.2) is 67.1 Å². The third-order valence-electron chi connectivity index (χ3n) is 7.14. The molecule has 5 rings (SSSR count). The molecule has 4 heterocycles. The number of aromatic nitrogens is 3. The molecule has 3 aliphatic rings. The molecule has 1 aromatic carbocycles. The van der Waals surface area contributed by atoms with Crippen LogP contribution in [0.4, 0.5) is 0 Å².